The standard InChI is InChI=1S/C21H31N3O5S/c1-15(20(25)23-17-7-3-4-8-17)22-21(26)16-6-5-13-24(14-16)30(27,28)19-11-9-18(29-2)10-12-19/h9-12,15-17H,3-8,13-14H2,1-2H3,(H,22,26)(H,23,25)/t15-,16?/m0/s1. The highest BCUT2D eigenvalue weighted by Crippen LogP contribution is 2.25. The van der Waals surface area contributed by atoms with Crippen molar-refractivity contribution in [1.29, 1.82) is 0 Å². The molecule has 0 spiro atoms. The monoisotopic (exact) mass is 437 g/mol. The number of methoxy groups -OCH3 is 1. The van der Waals surface area contributed by atoms with Crippen molar-refractivity contribution in [2.75, 3.05) is 20.2 Å². The second-order valence-corrected chi connectivity index (χ2v) is 10.0. The summed E-state index contributed by atoms with van der Waals surface area (Å²) in [5.74, 6) is -0.365. The highest BCUT2D eigenvalue weighted by molar-refractivity contribution is 7.89. The number of nitrogens with zero attached hydrogens (tertiary/aromatic N) is 1. The molecular weight excluding hydrogens is 406 g/mol. The number of ether oxygens (including phenoxy) is 1. The van der Waals surface area contributed by atoms with Crippen molar-refractivity contribution in [1.82, 2.24) is 14.9 Å². The average Bonchev–Trinajstić information content (AvgIpc) is 3.26. The molecule has 1 aliphatic heterocycles. The lowest BCUT2D eigenvalue weighted by atomic mass is 9.98. The summed E-state index contributed by atoms with van der Waals surface area (Å²) in [6.45, 7) is 2.14. The van der Waals surface area contributed by atoms with E-state index in [-0.39, 0.29) is 29.3 Å². The molecule has 0 radical (unpaired) electrons. The van der Waals surface area contributed by atoms with E-state index in [9.17, 15) is 18.0 Å². The zero-order valence-electron chi connectivity index (χ0n) is 17.6. The van der Waals surface area contributed by atoms with Crippen LogP contribution in [-0.4, -0.2) is 56.8 Å². The Labute approximate surface area is 178 Å². The van der Waals surface area contributed by atoms with Crippen molar-refractivity contribution in [2.24, 2.45) is 5.92 Å². The molecule has 0 bridgehead atoms. The fraction of sp³-hybridized carbons (Fsp3) is 0.619. The quantitative estimate of drug-likeness (QED) is 0.675. The molecule has 2 N–H and O–H groups in total. The summed E-state index contributed by atoms with van der Waals surface area (Å²) in [7, 11) is -2.18. The SMILES string of the molecule is COc1ccc(S(=O)(=O)N2CCCC(C(=O)N[C@@H](C)C(=O)NC3CCCC3)C2)cc1. The molecule has 2 atom stereocenters. The maximum Gasteiger partial charge on any atom is 0.243 e. The summed E-state index contributed by atoms with van der Waals surface area (Å²) in [6.07, 6.45) is 5.38. The van der Waals surface area contributed by atoms with Crippen LogP contribution in [0.15, 0.2) is 29.2 Å². The van der Waals surface area contributed by atoms with Crippen molar-refractivity contribution >= 4 is 21.8 Å². The highest BCUT2D eigenvalue weighted by Gasteiger charge is 2.34. The predicted molar refractivity (Wildman–Crippen MR) is 112 cm³/mol. The Kier molecular flexibility index (Phi) is 7.36. The van der Waals surface area contributed by atoms with Gasteiger partial charge in [0, 0.05) is 19.1 Å². The van der Waals surface area contributed by atoms with Gasteiger partial charge in [0.25, 0.3) is 0 Å². The lowest BCUT2D eigenvalue weighted by Crippen LogP contribution is -2.51. The van der Waals surface area contributed by atoms with Crippen molar-refractivity contribution in [3.05, 3.63) is 24.3 Å². The molecule has 30 heavy (non-hydrogen) atoms. The Hall–Kier alpha value is -2.13. The van der Waals surface area contributed by atoms with Crippen molar-refractivity contribution < 1.29 is 22.7 Å². The van der Waals surface area contributed by atoms with Gasteiger partial charge in [-0.15, -0.1) is 0 Å². The molecule has 1 unspecified atom stereocenters. The molecular formula is C21H31N3O5S. The fourth-order valence-corrected chi connectivity index (χ4v) is 5.59. The molecule has 166 valence electrons. The number of hydrogen-bond donors (Lipinski definition) is 2. The Bertz CT molecular complexity index is 850. The summed E-state index contributed by atoms with van der Waals surface area (Å²) < 4.78 is 32.4. The van der Waals surface area contributed by atoms with Crippen LogP contribution < -0.4 is 15.4 Å². The van der Waals surface area contributed by atoms with Crippen molar-refractivity contribution in [3.8, 4) is 5.75 Å². The normalized spacial score (nSPS) is 21.7. The van der Waals surface area contributed by atoms with Gasteiger partial charge in [-0.3, -0.25) is 9.59 Å². The Balaban J connectivity index is 1.58. The number of benzene rings is 1. The molecule has 1 heterocycles. The molecule has 2 amide bonds. The van der Waals surface area contributed by atoms with Crippen LogP contribution in [0.3, 0.4) is 0 Å². The van der Waals surface area contributed by atoms with Gasteiger partial charge in [0.15, 0.2) is 0 Å². The first-order valence-corrected chi connectivity index (χ1v) is 12.0. The van der Waals surface area contributed by atoms with Crippen molar-refractivity contribution in [2.45, 2.75) is 62.4 Å². The number of carbonyl (C=O) groups excluding carboxylic acids is 2. The first-order chi connectivity index (χ1) is 14.3. The van der Waals surface area contributed by atoms with E-state index in [2.05, 4.69) is 10.6 Å². The molecule has 0 aromatic heterocycles. The van der Waals surface area contributed by atoms with Crippen LogP contribution in [0.1, 0.15) is 45.4 Å². The topological polar surface area (TPSA) is 105 Å². The number of carbonyl (C=O) groups is 2. The van der Waals surface area contributed by atoms with Crippen LogP contribution in [0.4, 0.5) is 0 Å². The number of nitrogens with one attached hydrogen (secondary N) is 2. The van der Waals surface area contributed by atoms with Gasteiger partial charge < -0.3 is 15.4 Å². The number of piperidine rings is 1. The molecule has 1 saturated carbocycles. The van der Waals surface area contributed by atoms with Crippen molar-refractivity contribution in [3.63, 3.8) is 0 Å². The van der Waals surface area contributed by atoms with Gasteiger partial charge in [-0.1, -0.05) is 12.8 Å². The third-order valence-corrected chi connectivity index (χ3v) is 7.79. The average molecular weight is 438 g/mol. The van der Waals surface area contributed by atoms with Gasteiger partial charge in [-0.25, -0.2) is 8.42 Å². The van der Waals surface area contributed by atoms with Gasteiger partial charge in [0.05, 0.1) is 17.9 Å². The van der Waals surface area contributed by atoms with Crippen LogP contribution in [0, 0.1) is 5.92 Å². The summed E-state index contributed by atoms with van der Waals surface area (Å²) in [6, 6.07) is 5.76. The van der Waals surface area contributed by atoms with Gasteiger partial charge in [-0.2, -0.15) is 4.31 Å². The number of sulfonamides is 1. The summed E-state index contributed by atoms with van der Waals surface area (Å²) in [5, 5.41) is 5.74. The maximum atomic E-state index is 13.0. The number of amides is 2. The summed E-state index contributed by atoms with van der Waals surface area (Å²) >= 11 is 0. The Morgan fingerprint density at radius 1 is 1.10 bits per heavy atom. The predicted octanol–water partition coefficient (Wildman–Crippen LogP) is 1.66. The third-order valence-electron chi connectivity index (χ3n) is 5.91. The van der Waals surface area contributed by atoms with Crippen LogP contribution in [0.5, 0.6) is 5.75 Å². The van der Waals surface area contributed by atoms with Gasteiger partial charge in [-0.05, 0) is 56.9 Å². The molecule has 1 saturated heterocycles. The molecule has 8 nitrogen and oxygen atoms in total. The van der Waals surface area contributed by atoms with Crippen LogP contribution in [-0.2, 0) is 19.6 Å². The van der Waals surface area contributed by atoms with E-state index in [0.29, 0.717) is 25.1 Å². The molecule has 1 aromatic carbocycles. The largest absolute Gasteiger partial charge is 0.497 e. The first-order valence-electron chi connectivity index (χ1n) is 10.6. The molecule has 9 heteroatoms. The maximum absolute atomic E-state index is 13.0. The Morgan fingerprint density at radius 2 is 1.77 bits per heavy atom. The van der Waals surface area contributed by atoms with E-state index in [4.69, 9.17) is 4.74 Å². The zero-order valence-corrected chi connectivity index (χ0v) is 18.4. The van der Waals surface area contributed by atoms with Gasteiger partial charge in [0.2, 0.25) is 21.8 Å². The fourth-order valence-electron chi connectivity index (χ4n) is 4.06. The summed E-state index contributed by atoms with van der Waals surface area (Å²) in [5.41, 5.74) is 0. The zero-order chi connectivity index (χ0) is 21.7. The summed E-state index contributed by atoms with van der Waals surface area (Å²) in [4.78, 5) is 25.2. The lowest BCUT2D eigenvalue weighted by molar-refractivity contribution is -0.131. The number of hydrogen-bond acceptors (Lipinski definition) is 5. The van der Waals surface area contributed by atoms with Crippen LogP contribution >= 0.6 is 0 Å². The van der Waals surface area contributed by atoms with E-state index >= 15 is 0 Å². The second kappa shape index (κ2) is 9.78. The van der Waals surface area contributed by atoms with E-state index in [1.54, 1.807) is 19.1 Å². The minimum atomic E-state index is -3.70. The minimum Gasteiger partial charge on any atom is -0.497 e. The molecule has 2 fully saturated rings. The lowest BCUT2D eigenvalue weighted by Gasteiger charge is -2.31. The van der Waals surface area contributed by atoms with Crippen LogP contribution in [0.25, 0.3) is 0 Å². The van der Waals surface area contributed by atoms with E-state index in [0.717, 1.165) is 25.7 Å². The number of rotatable bonds is 7. The third kappa shape index (κ3) is 5.31. The first kappa shape index (κ1) is 22.6. The van der Waals surface area contributed by atoms with Crippen LogP contribution in [0.2, 0.25) is 0 Å². The van der Waals surface area contributed by atoms with E-state index in [1.807, 2.05) is 0 Å². The van der Waals surface area contributed by atoms with Gasteiger partial charge in [0.1, 0.15) is 11.8 Å². The highest BCUT2D eigenvalue weighted by atomic mass is 32.2. The van der Waals surface area contributed by atoms with E-state index in [1.165, 1.54) is 23.5 Å². The second-order valence-electron chi connectivity index (χ2n) is 8.10. The Morgan fingerprint density at radius 3 is 2.40 bits per heavy atom. The molecule has 1 aliphatic carbocycles. The van der Waals surface area contributed by atoms with Gasteiger partial charge >= 0.3 is 0 Å². The van der Waals surface area contributed by atoms with E-state index < -0.39 is 22.0 Å². The molecule has 1 aromatic rings. The molecule has 3 rings (SSSR count). The molecule has 2 aliphatic rings. The minimum absolute atomic E-state index is 0.108. The smallest absolute Gasteiger partial charge is 0.243 e.